The molecule has 0 spiro atoms. The highest BCUT2D eigenvalue weighted by Gasteiger charge is 2.09. The van der Waals surface area contributed by atoms with E-state index < -0.39 is 0 Å². The Bertz CT molecular complexity index is 1140. The minimum atomic E-state index is -0.230. The van der Waals surface area contributed by atoms with Crippen LogP contribution in [-0.4, -0.2) is 17.5 Å². The van der Waals surface area contributed by atoms with Crippen LogP contribution < -0.4 is 10.1 Å². The van der Waals surface area contributed by atoms with Crippen molar-refractivity contribution in [3.63, 3.8) is 0 Å². The van der Waals surface area contributed by atoms with Crippen molar-refractivity contribution in [2.45, 2.75) is 20.3 Å². The van der Waals surface area contributed by atoms with Gasteiger partial charge in [-0.3, -0.25) is 4.79 Å². The van der Waals surface area contributed by atoms with E-state index in [1.807, 2.05) is 74.5 Å². The molecule has 4 rings (SSSR count). The lowest BCUT2D eigenvalue weighted by molar-refractivity contribution is -0.118. The summed E-state index contributed by atoms with van der Waals surface area (Å²) in [6.45, 7) is 3.74. The number of amides is 1. The number of fused-ring (bicyclic) bond motifs is 1. The van der Waals surface area contributed by atoms with Gasteiger partial charge in [-0.1, -0.05) is 35.9 Å². The molecule has 0 atom stereocenters. The van der Waals surface area contributed by atoms with Crippen molar-refractivity contribution in [3.8, 4) is 5.75 Å². The molecule has 1 aromatic heterocycles. The molecule has 1 amide bonds. The van der Waals surface area contributed by atoms with Gasteiger partial charge in [0.15, 0.2) is 18.1 Å². The number of anilines is 1. The molecule has 1 N–H and O–H groups in total. The number of carbonyl (C=O) groups is 1. The van der Waals surface area contributed by atoms with Gasteiger partial charge in [0, 0.05) is 17.1 Å². The normalized spacial score (nSPS) is 10.9. The van der Waals surface area contributed by atoms with Crippen LogP contribution in [0.2, 0.25) is 5.02 Å². The lowest BCUT2D eigenvalue weighted by atomic mass is 10.1. The fourth-order valence-corrected chi connectivity index (χ4v) is 3.32. The van der Waals surface area contributed by atoms with Gasteiger partial charge >= 0.3 is 0 Å². The summed E-state index contributed by atoms with van der Waals surface area (Å²) >= 11 is 6.16. The van der Waals surface area contributed by atoms with Crippen LogP contribution in [-0.2, 0) is 11.2 Å². The molecule has 0 aliphatic carbocycles. The first kappa shape index (κ1) is 20.0. The molecule has 0 aliphatic heterocycles. The van der Waals surface area contributed by atoms with Crippen LogP contribution in [0.4, 0.5) is 5.69 Å². The van der Waals surface area contributed by atoms with Gasteiger partial charge in [-0.25, -0.2) is 4.98 Å². The zero-order valence-electron chi connectivity index (χ0n) is 16.7. The predicted octanol–water partition coefficient (Wildman–Crippen LogP) is 5.71. The maximum absolute atomic E-state index is 12.2. The van der Waals surface area contributed by atoms with E-state index in [1.165, 1.54) is 0 Å². The zero-order valence-corrected chi connectivity index (χ0v) is 17.5. The smallest absolute Gasteiger partial charge is 0.262 e. The van der Waals surface area contributed by atoms with Crippen LogP contribution in [0, 0.1) is 13.8 Å². The van der Waals surface area contributed by atoms with Gasteiger partial charge in [0.2, 0.25) is 0 Å². The topological polar surface area (TPSA) is 64.4 Å². The molecule has 0 aliphatic rings. The van der Waals surface area contributed by atoms with E-state index in [-0.39, 0.29) is 12.5 Å². The monoisotopic (exact) mass is 420 g/mol. The van der Waals surface area contributed by atoms with Crippen molar-refractivity contribution >= 4 is 34.3 Å². The van der Waals surface area contributed by atoms with E-state index in [0.717, 1.165) is 27.8 Å². The number of benzene rings is 3. The summed E-state index contributed by atoms with van der Waals surface area (Å²) in [7, 11) is 0. The van der Waals surface area contributed by atoms with E-state index in [1.54, 1.807) is 0 Å². The Kier molecular flexibility index (Phi) is 5.72. The van der Waals surface area contributed by atoms with E-state index in [0.29, 0.717) is 28.8 Å². The number of ether oxygens (including phenoxy) is 1. The van der Waals surface area contributed by atoms with Crippen LogP contribution in [0.3, 0.4) is 0 Å². The first-order chi connectivity index (χ1) is 14.5. The highest BCUT2D eigenvalue weighted by Crippen LogP contribution is 2.26. The van der Waals surface area contributed by atoms with Gasteiger partial charge in [0.05, 0.1) is 0 Å². The molecule has 0 bridgehead atoms. The second-order valence-corrected chi connectivity index (χ2v) is 7.53. The summed E-state index contributed by atoms with van der Waals surface area (Å²) in [6, 6.07) is 18.9. The number of nitrogens with one attached hydrogen (secondary N) is 1. The van der Waals surface area contributed by atoms with Gasteiger partial charge in [-0.15, -0.1) is 0 Å². The molecule has 6 heteroatoms. The highest BCUT2D eigenvalue weighted by atomic mass is 35.5. The van der Waals surface area contributed by atoms with Crippen LogP contribution in [0.5, 0.6) is 5.75 Å². The summed E-state index contributed by atoms with van der Waals surface area (Å²) in [5, 5.41) is 3.55. The number of halogens is 1. The minimum absolute atomic E-state index is 0.0782. The second kappa shape index (κ2) is 8.59. The van der Waals surface area contributed by atoms with Crippen molar-refractivity contribution in [2.24, 2.45) is 0 Å². The quantitative estimate of drug-likeness (QED) is 0.434. The molecule has 4 aromatic rings. The standard InChI is InChI=1S/C24H21ClN2O3/c1-15-11-19(12-16(2)24(15)25)29-14-22(28)26-18-9-7-17(8-10-18)13-23-27-20-5-3-4-6-21(20)30-23/h3-12H,13-14H2,1-2H3,(H,26,28). The lowest BCUT2D eigenvalue weighted by Crippen LogP contribution is -2.20. The van der Waals surface area contributed by atoms with Crippen molar-refractivity contribution in [2.75, 3.05) is 11.9 Å². The number of hydrogen-bond donors (Lipinski definition) is 1. The summed E-state index contributed by atoms with van der Waals surface area (Å²) < 4.78 is 11.4. The molecule has 0 saturated heterocycles. The third-order valence-corrected chi connectivity index (χ3v) is 5.31. The fourth-order valence-electron chi connectivity index (χ4n) is 3.21. The maximum Gasteiger partial charge on any atom is 0.262 e. The van der Waals surface area contributed by atoms with Crippen molar-refractivity contribution < 1.29 is 13.9 Å². The Morgan fingerprint density at radius 2 is 1.77 bits per heavy atom. The Labute approximate surface area is 179 Å². The van der Waals surface area contributed by atoms with Gasteiger partial charge in [0.1, 0.15) is 11.3 Å². The summed E-state index contributed by atoms with van der Waals surface area (Å²) in [5.74, 6) is 1.06. The van der Waals surface area contributed by atoms with Crippen molar-refractivity contribution in [1.82, 2.24) is 4.98 Å². The number of carbonyl (C=O) groups excluding carboxylic acids is 1. The molecule has 0 radical (unpaired) electrons. The van der Waals surface area contributed by atoms with E-state index in [4.69, 9.17) is 20.8 Å². The Balaban J connectivity index is 1.33. The van der Waals surface area contributed by atoms with Crippen LogP contribution in [0.25, 0.3) is 11.1 Å². The fraction of sp³-hybridized carbons (Fsp3) is 0.167. The third kappa shape index (κ3) is 4.63. The number of aromatic nitrogens is 1. The number of aryl methyl sites for hydroxylation is 2. The average Bonchev–Trinajstić information content (AvgIpc) is 3.14. The number of para-hydroxylation sites is 2. The molecular formula is C24H21ClN2O3. The predicted molar refractivity (Wildman–Crippen MR) is 118 cm³/mol. The SMILES string of the molecule is Cc1cc(OCC(=O)Nc2ccc(Cc3nc4ccccc4o3)cc2)cc(C)c1Cl. The van der Waals surface area contributed by atoms with Gasteiger partial charge in [0.25, 0.3) is 5.91 Å². The molecule has 0 saturated carbocycles. The van der Waals surface area contributed by atoms with Gasteiger partial charge < -0.3 is 14.5 Å². The third-order valence-electron chi connectivity index (χ3n) is 4.71. The molecule has 30 heavy (non-hydrogen) atoms. The van der Waals surface area contributed by atoms with Crippen molar-refractivity contribution in [3.05, 3.63) is 88.3 Å². The number of rotatable bonds is 6. The van der Waals surface area contributed by atoms with Crippen LogP contribution in [0.15, 0.2) is 65.1 Å². The first-order valence-corrected chi connectivity index (χ1v) is 9.98. The van der Waals surface area contributed by atoms with E-state index in [2.05, 4.69) is 10.3 Å². The van der Waals surface area contributed by atoms with Crippen molar-refractivity contribution in [1.29, 1.82) is 0 Å². The van der Waals surface area contributed by atoms with Crippen LogP contribution >= 0.6 is 11.6 Å². The molecule has 3 aromatic carbocycles. The number of nitrogens with zero attached hydrogens (tertiary/aromatic N) is 1. The molecular weight excluding hydrogens is 400 g/mol. The molecule has 152 valence electrons. The minimum Gasteiger partial charge on any atom is -0.484 e. The Morgan fingerprint density at radius 1 is 1.07 bits per heavy atom. The maximum atomic E-state index is 12.2. The summed E-state index contributed by atoms with van der Waals surface area (Å²) in [5.41, 5.74) is 5.21. The van der Waals surface area contributed by atoms with Gasteiger partial charge in [-0.05, 0) is 66.9 Å². The zero-order chi connectivity index (χ0) is 21.1. The molecule has 0 unspecified atom stereocenters. The summed E-state index contributed by atoms with van der Waals surface area (Å²) in [4.78, 5) is 16.7. The van der Waals surface area contributed by atoms with Crippen LogP contribution in [0.1, 0.15) is 22.6 Å². The highest BCUT2D eigenvalue weighted by molar-refractivity contribution is 6.32. The number of oxazole rings is 1. The largest absolute Gasteiger partial charge is 0.484 e. The molecule has 0 fully saturated rings. The number of hydrogen-bond acceptors (Lipinski definition) is 4. The Morgan fingerprint density at radius 3 is 2.47 bits per heavy atom. The van der Waals surface area contributed by atoms with E-state index >= 15 is 0 Å². The summed E-state index contributed by atoms with van der Waals surface area (Å²) in [6.07, 6.45) is 0.585. The molecule has 1 heterocycles. The second-order valence-electron chi connectivity index (χ2n) is 7.16. The van der Waals surface area contributed by atoms with Gasteiger partial charge in [-0.2, -0.15) is 0 Å². The van der Waals surface area contributed by atoms with E-state index in [9.17, 15) is 4.79 Å². The Hall–Kier alpha value is -3.31. The average molecular weight is 421 g/mol. The first-order valence-electron chi connectivity index (χ1n) is 9.61. The molecule has 5 nitrogen and oxygen atoms in total. The lowest BCUT2D eigenvalue weighted by Gasteiger charge is -2.10.